The van der Waals surface area contributed by atoms with E-state index in [0.29, 0.717) is 0 Å². The van der Waals surface area contributed by atoms with E-state index >= 15 is 0 Å². The summed E-state index contributed by atoms with van der Waals surface area (Å²) in [5.74, 6) is -0.464. The number of nitro groups is 1. The van der Waals surface area contributed by atoms with Gasteiger partial charge in [0.15, 0.2) is 6.20 Å². The number of aromatic nitrogens is 1. The van der Waals surface area contributed by atoms with Crippen molar-refractivity contribution >= 4 is 41.5 Å². The summed E-state index contributed by atoms with van der Waals surface area (Å²) >= 11 is 2.81. The maximum absolute atomic E-state index is 10.8. The number of pyridine rings is 1. The lowest BCUT2D eigenvalue weighted by molar-refractivity contribution is -0.390. The minimum atomic E-state index is -3.91. The Hall–Kier alpha value is -0.730. The van der Waals surface area contributed by atoms with Gasteiger partial charge in [0, 0.05) is 10.7 Å². The Morgan fingerprint density at radius 3 is 2.50 bits per heavy atom. The van der Waals surface area contributed by atoms with Crippen molar-refractivity contribution in [2.45, 2.75) is 4.90 Å². The fourth-order valence-electron chi connectivity index (χ4n) is 0.681. The van der Waals surface area contributed by atoms with Crippen molar-refractivity contribution in [2.75, 3.05) is 0 Å². The molecule has 0 aliphatic heterocycles. The standard InChI is InChI=1S/C5H2BrClN2O4S/c6-4-1-3(14(7,12)13)2-8-5(4)9(10)11/h1-2H. The lowest BCUT2D eigenvalue weighted by Crippen LogP contribution is -1.97. The third kappa shape index (κ3) is 2.40. The second-order valence-electron chi connectivity index (χ2n) is 2.17. The van der Waals surface area contributed by atoms with Crippen LogP contribution in [0, 0.1) is 10.1 Å². The van der Waals surface area contributed by atoms with E-state index in [9.17, 15) is 18.5 Å². The van der Waals surface area contributed by atoms with Crippen molar-refractivity contribution in [2.24, 2.45) is 0 Å². The van der Waals surface area contributed by atoms with E-state index in [2.05, 4.69) is 20.9 Å². The second kappa shape index (κ2) is 3.79. The molecule has 0 fully saturated rings. The summed E-state index contributed by atoms with van der Waals surface area (Å²) in [6, 6.07) is 1.02. The molecule has 0 aromatic carbocycles. The molecule has 0 saturated carbocycles. The van der Waals surface area contributed by atoms with Crippen molar-refractivity contribution in [3.63, 3.8) is 0 Å². The molecule has 76 valence electrons. The highest BCUT2D eigenvalue weighted by atomic mass is 79.9. The molecule has 1 rings (SSSR count). The number of halogens is 2. The minimum Gasteiger partial charge on any atom is -0.358 e. The zero-order chi connectivity index (χ0) is 10.9. The highest BCUT2D eigenvalue weighted by Crippen LogP contribution is 2.25. The molecule has 1 aromatic heterocycles. The van der Waals surface area contributed by atoms with Crippen LogP contribution in [0.4, 0.5) is 5.82 Å². The average Bonchev–Trinajstić information content (AvgIpc) is 2.01. The highest BCUT2D eigenvalue weighted by Gasteiger charge is 2.19. The van der Waals surface area contributed by atoms with Gasteiger partial charge in [-0.1, -0.05) is 0 Å². The Balaban J connectivity index is 3.34. The van der Waals surface area contributed by atoms with Crippen molar-refractivity contribution in [3.8, 4) is 0 Å². The van der Waals surface area contributed by atoms with E-state index in [0.717, 1.165) is 12.3 Å². The molecule has 9 heteroatoms. The summed E-state index contributed by atoms with van der Waals surface area (Å²) in [6.07, 6.45) is 0.825. The summed E-state index contributed by atoms with van der Waals surface area (Å²) in [5.41, 5.74) is 0. The Morgan fingerprint density at radius 2 is 2.14 bits per heavy atom. The number of rotatable bonds is 2. The summed E-state index contributed by atoms with van der Waals surface area (Å²) in [6.45, 7) is 0. The molecular formula is C5H2BrClN2O4S. The SMILES string of the molecule is O=[N+]([O-])c1ncc(S(=O)(=O)Cl)cc1Br. The van der Waals surface area contributed by atoms with Crippen molar-refractivity contribution in [3.05, 3.63) is 26.9 Å². The number of nitrogens with zero attached hydrogens (tertiary/aromatic N) is 2. The van der Waals surface area contributed by atoms with E-state index in [4.69, 9.17) is 10.7 Å². The normalized spacial score (nSPS) is 11.3. The topological polar surface area (TPSA) is 90.2 Å². The van der Waals surface area contributed by atoms with Gasteiger partial charge >= 0.3 is 5.82 Å². The maximum atomic E-state index is 10.8. The van der Waals surface area contributed by atoms with Crippen LogP contribution in [0.2, 0.25) is 0 Å². The zero-order valence-corrected chi connectivity index (χ0v) is 9.50. The van der Waals surface area contributed by atoms with Crippen molar-refractivity contribution in [1.29, 1.82) is 0 Å². The predicted octanol–water partition coefficient (Wildman–Crippen LogP) is 1.68. The van der Waals surface area contributed by atoms with Gasteiger partial charge in [-0.3, -0.25) is 0 Å². The van der Waals surface area contributed by atoms with Crippen molar-refractivity contribution < 1.29 is 13.3 Å². The van der Waals surface area contributed by atoms with E-state index in [1.54, 1.807) is 0 Å². The molecule has 0 amide bonds. The van der Waals surface area contributed by atoms with Crippen molar-refractivity contribution in [1.82, 2.24) is 4.98 Å². The smallest absolute Gasteiger partial charge is 0.358 e. The molecule has 0 bridgehead atoms. The summed E-state index contributed by atoms with van der Waals surface area (Å²) in [5, 5.41) is 10.3. The lowest BCUT2D eigenvalue weighted by atomic mass is 10.5. The van der Waals surface area contributed by atoms with Gasteiger partial charge in [0.1, 0.15) is 9.37 Å². The molecule has 1 heterocycles. The average molecular weight is 302 g/mol. The molecule has 1 aromatic rings. The highest BCUT2D eigenvalue weighted by molar-refractivity contribution is 9.10. The molecule has 0 radical (unpaired) electrons. The third-order valence-corrected chi connectivity index (χ3v) is 3.16. The van der Waals surface area contributed by atoms with Gasteiger partial charge in [-0.15, -0.1) is 0 Å². The molecule has 0 unspecified atom stereocenters. The van der Waals surface area contributed by atoms with Crippen LogP contribution in [-0.4, -0.2) is 18.3 Å². The van der Waals surface area contributed by atoms with Gasteiger partial charge in [0.2, 0.25) is 0 Å². The molecule has 0 atom stereocenters. The lowest BCUT2D eigenvalue weighted by Gasteiger charge is -1.96. The Kier molecular flexibility index (Phi) is 3.07. The maximum Gasteiger partial charge on any atom is 0.377 e. The van der Waals surface area contributed by atoms with Gasteiger partial charge in [-0.2, -0.15) is 0 Å². The quantitative estimate of drug-likeness (QED) is 0.471. The van der Waals surface area contributed by atoms with Crippen LogP contribution in [0.5, 0.6) is 0 Å². The molecule has 14 heavy (non-hydrogen) atoms. The third-order valence-electron chi connectivity index (χ3n) is 1.25. The second-order valence-corrected chi connectivity index (χ2v) is 5.59. The van der Waals surface area contributed by atoms with Crippen LogP contribution in [0.25, 0.3) is 0 Å². The Labute approximate surface area is 91.6 Å². The minimum absolute atomic E-state index is 0.0378. The van der Waals surface area contributed by atoms with Crippen LogP contribution >= 0.6 is 26.6 Å². The first-order valence-electron chi connectivity index (χ1n) is 3.07. The number of hydrogen-bond acceptors (Lipinski definition) is 5. The van der Waals surface area contributed by atoms with E-state index < -0.39 is 19.8 Å². The van der Waals surface area contributed by atoms with E-state index in [1.165, 1.54) is 0 Å². The van der Waals surface area contributed by atoms with Gasteiger partial charge in [0.25, 0.3) is 9.05 Å². The fraction of sp³-hybridized carbons (Fsp3) is 0. The van der Waals surface area contributed by atoms with Gasteiger partial charge in [0.05, 0.1) is 0 Å². The van der Waals surface area contributed by atoms with Crippen LogP contribution in [-0.2, 0) is 9.05 Å². The first kappa shape index (κ1) is 11.3. The van der Waals surface area contributed by atoms with Crippen LogP contribution in [0.15, 0.2) is 21.6 Å². The molecule has 0 spiro atoms. The first-order chi connectivity index (χ1) is 6.32. The largest absolute Gasteiger partial charge is 0.377 e. The van der Waals surface area contributed by atoms with E-state index in [1.807, 2.05) is 0 Å². The van der Waals surface area contributed by atoms with Gasteiger partial charge < -0.3 is 10.1 Å². The summed E-state index contributed by atoms with van der Waals surface area (Å²) < 4.78 is 21.6. The summed E-state index contributed by atoms with van der Waals surface area (Å²) in [7, 11) is 1.09. The monoisotopic (exact) mass is 300 g/mol. The summed E-state index contributed by atoms with van der Waals surface area (Å²) in [4.78, 5) is 12.6. The first-order valence-corrected chi connectivity index (χ1v) is 6.17. The van der Waals surface area contributed by atoms with Crippen LogP contribution in [0.1, 0.15) is 0 Å². The molecule has 0 N–H and O–H groups in total. The Morgan fingerprint density at radius 1 is 1.57 bits per heavy atom. The van der Waals surface area contributed by atoms with Gasteiger partial charge in [-0.25, -0.2) is 8.42 Å². The van der Waals surface area contributed by atoms with Gasteiger partial charge in [-0.05, 0) is 31.9 Å². The van der Waals surface area contributed by atoms with Crippen LogP contribution in [0.3, 0.4) is 0 Å². The molecule has 6 nitrogen and oxygen atoms in total. The van der Waals surface area contributed by atoms with Crippen LogP contribution < -0.4 is 0 Å². The molecule has 0 aliphatic carbocycles. The molecular weight excluding hydrogens is 299 g/mol. The molecule has 0 saturated heterocycles. The Bertz CT molecular complexity index is 489. The van der Waals surface area contributed by atoms with E-state index in [-0.39, 0.29) is 9.37 Å². The molecule has 0 aliphatic rings. The predicted molar refractivity (Wildman–Crippen MR) is 51.6 cm³/mol. The zero-order valence-electron chi connectivity index (χ0n) is 6.35. The number of hydrogen-bond donors (Lipinski definition) is 0. The fourth-order valence-corrected chi connectivity index (χ4v) is 2.02.